The Labute approximate surface area is 144 Å². The number of nitrogens with two attached hydrogens (primary N) is 1. The van der Waals surface area contributed by atoms with E-state index in [1.54, 1.807) is 16.4 Å². The minimum atomic E-state index is -3.64. The molecule has 1 saturated heterocycles. The molecule has 132 valence electrons. The summed E-state index contributed by atoms with van der Waals surface area (Å²) in [6.45, 7) is 0.999. The van der Waals surface area contributed by atoms with Gasteiger partial charge in [-0.1, -0.05) is 6.42 Å². The van der Waals surface area contributed by atoms with Crippen molar-refractivity contribution in [1.82, 2.24) is 4.31 Å². The van der Waals surface area contributed by atoms with Crippen LogP contribution >= 0.6 is 12.4 Å². The SMILES string of the molecule is COc1ccc(OC)c(S(=O)(=O)N2CCCCC2CCN)c1.Cl. The molecule has 0 amide bonds. The molecule has 2 N–H and O–H groups in total. The van der Waals surface area contributed by atoms with E-state index >= 15 is 0 Å². The maximum absolute atomic E-state index is 13.1. The van der Waals surface area contributed by atoms with E-state index in [1.807, 2.05) is 0 Å². The van der Waals surface area contributed by atoms with Gasteiger partial charge in [0, 0.05) is 18.7 Å². The summed E-state index contributed by atoms with van der Waals surface area (Å²) in [5, 5.41) is 0. The number of rotatable bonds is 6. The third kappa shape index (κ3) is 4.29. The van der Waals surface area contributed by atoms with Gasteiger partial charge in [0.1, 0.15) is 16.4 Å². The molecule has 23 heavy (non-hydrogen) atoms. The Morgan fingerprint density at radius 2 is 2.00 bits per heavy atom. The predicted octanol–water partition coefficient (Wildman–Crippen LogP) is 2.02. The lowest BCUT2D eigenvalue weighted by molar-refractivity contribution is 0.242. The quantitative estimate of drug-likeness (QED) is 0.835. The standard InChI is InChI=1S/C15H24N2O4S.ClH/c1-20-13-6-7-14(21-2)15(11-13)22(18,19)17-10-4-3-5-12(17)8-9-16;/h6-7,11-12H,3-5,8-10,16H2,1-2H3;1H. The van der Waals surface area contributed by atoms with Gasteiger partial charge in [-0.25, -0.2) is 8.42 Å². The van der Waals surface area contributed by atoms with Gasteiger partial charge in [0.25, 0.3) is 0 Å². The molecule has 1 atom stereocenters. The predicted molar refractivity (Wildman–Crippen MR) is 92.0 cm³/mol. The molecular formula is C15H25ClN2O4S. The fraction of sp³-hybridized carbons (Fsp3) is 0.600. The number of ether oxygens (including phenoxy) is 2. The molecule has 0 spiro atoms. The van der Waals surface area contributed by atoms with E-state index in [9.17, 15) is 8.42 Å². The van der Waals surface area contributed by atoms with Crippen LogP contribution in [0.25, 0.3) is 0 Å². The number of nitrogens with zero attached hydrogens (tertiary/aromatic N) is 1. The molecule has 1 unspecified atom stereocenters. The average Bonchev–Trinajstić information content (AvgIpc) is 2.55. The van der Waals surface area contributed by atoms with Gasteiger partial charge in [-0.15, -0.1) is 12.4 Å². The lowest BCUT2D eigenvalue weighted by atomic mass is 10.0. The van der Waals surface area contributed by atoms with E-state index in [-0.39, 0.29) is 23.3 Å². The van der Waals surface area contributed by atoms with Crippen LogP contribution in [0.5, 0.6) is 11.5 Å². The van der Waals surface area contributed by atoms with Gasteiger partial charge in [0.2, 0.25) is 10.0 Å². The first kappa shape index (κ1) is 20.0. The first-order valence-corrected chi connectivity index (χ1v) is 8.92. The zero-order chi connectivity index (χ0) is 16.2. The minimum Gasteiger partial charge on any atom is -0.497 e. The van der Waals surface area contributed by atoms with Gasteiger partial charge in [0.15, 0.2) is 0 Å². The highest BCUT2D eigenvalue weighted by molar-refractivity contribution is 7.89. The summed E-state index contributed by atoms with van der Waals surface area (Å²) >= 11 is 0. The zero-order valence-corrected chi connectivity index (χ0v) is 15.2. The lowest BCUT2D eigenvalue weighted by Gasteiger charge is -2.34. The van der Waals surface area contributed by atoms with Gasteiger partial charge >= 0.3 is 0 Å². The summed E-state index contributed by atoms with van der Waals surface area (Å²) in [6.07, 6.45) is 3.42. The van der Waals surface area contributed by atoms with Crippen LogP contribution in [0.15, 0.2) is 23.1 Å². The zero-order valence-electron chi connectivity index (χ0n) is 13.5. The first-order valence-electron chi connectivity index (χ1n) is 7.48. The van der Waals surface area contributed by atoms with Crippen molar-refractivity contribution >= 4 is 22.4 Å². The van der Waals surface area contributed by atoms with Crippen LogP contribution in [0.2, 0.25) is 0 Å². The van der Waals surface area contributed by atoms with Crippen LogP contribution in [0, 0.1) is 0 Å². The first-order chi connectivity index (χ1) is 10.5. The summed E-state index contributed by atoms with van der Waals surface area (Å²) in [7, 11) is -0.659. The van der Waals surface area contributed by atoms with Gasteiger partial charge in [-0.05, 0) is 37.9 Å². The lowest BCUT2D eigenvalue weighted by Crippen LogP contribution is -2.44. The molecule has 1 aromatic carbocycles. The van der Waals surface area contributed by atoms with Crippen molar-refractivity contribution in [3.05, 3.63) is 18.2 Å². The molecule has 8 heteroatoms. The number of sulfonamides is 1. The van der Waals surface area contributed by atoms with Gasteiger partial charge in [-0.3, -0.25) is 0 Å². The fourth-order valence-electron chi connectivity index (χ4n) is 2.88. The molecule has 0 saturated carbocycles. The Morgan fingerprint density at radius 3 is 2.61 bits per heavy atom. The van der Waals surface area contributed by atoms with Crippen LogP contribution in [0.1, 0.15) is 25.7 Å². The Morgan fingerprint density at radius 1 is 1.26 bits per heavy atom. The Hall–Kier alpha value is -1.02. The molecule has 1 aromatic rings. The van der Waals surface area contributed by atoms with E-state index in [0.717, 1.165) is 19.3 Å². The molecule has 2 rings (SSSR count). The molecule has 1 heterocycles. The van der Waals surface area contributed by atoms with Crippen LogP contribution in [-0.4, -0.2) is 46.1 Å². The minimum absolute atomic E-state index is 0. The van der Waals surface area contributed by atoms with Crippen LogP contribution in [0.3, 0.4) is 0 Å². The molecule has 6 nitrogen and oxygen atoms in total. The van der Waals surface area contributed by atoms with Gasteiger partial charge < -0.3 is 15.2 Å². The van der Waals surface area contributed by atoms with E-state index < -0.39 is 10.0 Å². The number of hydrogen-bond acceptors (Lipinski definition) is 5. The maximum Gasteiger partial charge on any atom is 0.247 e. The summed E-state index contributed by atoms with van der Waals surface area (Å²) < 4.78 is 38.1. The maximum atomic E-state index is 13.1. The number of methoxy groups -OCH3 is 2. The molecule has 1 aliphatic heterocycles. The van der Waals surface area contributed by atoms with E-state index in [4.69, 9.17) is 15.2 Å². The molecule has 0 aromatic heterocycles. The highest BCUT2D eigenvalue weighted by Crippen LogP contribution is 2.34. The number of hydrogen-bond donors (Lipinski definition) is 1. The van der Waals surface area contributed by atoms with Gasteiger partial charge in [-0.2, -0.15) is 4.31 Å². The Kier molecular flexibility index (Phi) is 7.60. The van der Waals surface area contributed by atoms with Crippen molar-refractivity contribution in [3.8, 4) is 11.5 Å². The van der Waals surface area contributed by atoms with E-state index in [0.29, 0.717) is 31.0 Å². The second-order valence-electron chi connectivity index (χ2n) is 5.36. The number of piperidine rings is 1. The summed E-state index contributed by atoms with van der Waals surface area (Å²) in [5.41, 5.74) is 5.64. The normalized spacial score (nSPS) is 19.0. The average molecular weight is 365 g/mol. The molecule has 0 radical (unpaired) electrons. The van der Waals surface area contributed by atoms with Crippen molar-refractivity contribution in [3.63, 3.8) is 0 Å². The van der Waals surface area contributed by atoms with Crippen molar-refractivity contribution < 1.29 is 17.9 Å². The summed E-state index contributed by atoms with van der Waals surface area (Å²) in [4.78, 5) is 0.151. The molecule has 1 fully saturated rings. The van der Waals surface area contributed by atoms with Crippen molar-refractivity contribution in [2.45, 2.75) is 36.6 Å². The van der Waals surface area contributed by atoms with Crippen LogP contribution < -0.4 is 15.2 Å². The molecule has 0 bridgehead atoms. The smallest absolute Gasteiger partial charge is 0.247 e. The van der Waals surface area contributed by atoms with Crippen molar-refractivity contribution in [2.75, 3.05) is 27.3 Å². The molecular weight excluding hydrogens is 340 g/mol. The number of halogens is 1. The monoisotopic (exact) mass is 364 g/mol. The van der Waals surface area contributed by atoms with E-state index in [2.05, 4.69) is 0 Å². The third-order valence-electron chi connectivity index (χ3n) is 4.03. The van der Waals surface area contributed by atoms with Crippen molar-refractivity contribution in [1.29, 1.82) is 0 Å². The largest absolute Gasteiger partial charge is 0.497 e. The van der Waals surface area contributed by atoms with Crippen molar-refractivity contribution in [2.24, 2.45) is 5.73 Å². The number of benzene rings is 1. The second kappa shape index (κ2) is 8.73. The Balaban J connectivity index is 0.00000264. The van der Waals surface area contributed by atoms with Gasteiger partial charge in [0.05, 0.1) is 14.2 Å². The molecule has 1 aliphatic rings. The second-order valence-corrected chi connectivity index (χ2v) is 7.22. The fourth-order valence-corrected chi connectivity index (χ4v) is 4.78. The Bertz CT molecular complexity index is 607. The third-order valence-corrected chi connectivity index (χ3v) is 6.00. The summed E-state index contributed by atoms with van der Waals surface area (Å²) in [6, 6.07) is 4.78. The topological polar surface area (TPSA) is 81.9 Å². The van der Waals surface area contributed by atoms with E-state index in [1.165, 1.54) is 20.3 Å². The highest BCUT2D eigenvalue weighted by atomic mass is 35.5. The summed E-state index contributed by atoms with van der Waals surface area (Å²) in [5.74, 6) is 0.824. The van der Waals surface area contributed by atoms with Crippen LogP contribution in [0.4, 0.5) is 0 Å². The molecule has 0 aliphatic carbocycles. The van der Waals surface area contributed by atoms with Crippen LogP contribution in [-0.2, 0) is 10.0 Å². The highest BCUT2D eigenvalue weighted by Gasteiger charge is 2.35.